The highest BCUT2D eigenvalue weighted by molar-refractivity contribution is 7.22. The summed E-state index contributed by atoms with van der Waals surface area (Å²) in [5.41, 5.74) is 2.36. The summed E-state index contributed by atoms with van der Waals surface area (Å²) in [6.45, 7) is 1.40. The minimum atomic E-state index is -4.77. The lowest BCUT2D eigenvalue weighted by Gasteiger charge is -2.20. The van der Waals surface area contributed by atoms with E-state index in [-0.39, 0.29) is 30.3 Å². The van der Waals surface area contributed by atoms with E-state index in [2.05, 4.69) is 24.9 Å². The number of aromatic nitrogens is 3. The number of thiazole rings is 1. The number of hydrogen-bond donors (Lipinski definition) is 1. The van der Waals surface area contributed by atoms with Crippen molar-refractivity contribution < 1.29 is 27.5 Å². The number of fused-ring (bicyclic) bond motifs is 2. The van der Waals surface area contributed by atoms with Crippen molar-refractivity contribution in [2.75, 3.05) is 32.5 Å². The number of alkyl halides is 3. The number of rotatable bonds is 8. The third-order valence-electron chi connectivity index (χ3n) is 6.83. The van der Waals surface area contributed by atoms with Crippen LogP contribution in [0, 0.1) is 0 Å². The standard InChI is InChI=1S/C26H27F3N6O3S/c1-33(2)16-10-11-35(14-16)23(37)9-8-21(36)15-4-7-20-19(12-15)30-24(34(20)3)32-25-31-18-6-5-17(13-22(18)39-25)38-26(27,28)29/h4-7,12-13,16H,8-11,14H2,1-3H3,(H,30,31,32)/t16-/m1/s1. The molecule has 1 aliphatic rings. The first-order valence-electron chi connectivity index (χ1n) is 12.3. The Balaban J connectivity index is 1.26. The van der Waals surface area contributed by atoms with Gasteiger partial charge < -0.3 is 24.4 Å². The van der Waals surface area contributed by atoms with Gasteiger partial charge in [0.05, 0.1) is 21.3 Å². The number of carbonyl (C=O) groups excluding carboxylic acids is 2. The van der Waals surface area contributed by atoms with E-state index in [0.29, 0.717) is 51.5 Å². The molecule has 0 aliphatic carbocycles. The van der Waals surface area contributed by atoms with Gasteiger partial charge in [-0.25, -0.2) is 9.97 Å². The highest BCUT2D eigenvalue weighted by atomic mass is 32.1. The first-order chi connectivity index (χ1) is 18.5. The van der Waals surface area contributed by atoms with E-state index in [4.69, 9.17) is 0 Å². The van der Waals surface area contributed by atoms with Gasteiger partial charge in [0.15, 0.2) is 10.9 Å². The summed E-state index contributed by atoms with van der Waals surface area (Å²) in [5, 5.41) is 3.55. The molecule has 1 saturated heterocycles. The molecule has 1 fully saturated rings. The largest absolute Gasteiger partial charge is 0.573 e. The molecular formula is C26H27F3N6O3S. The number of likely N-dealkylation sites (tertiary alicyclic amines) is 1. The summed E-state index contributed by atoms with van der Waals surface area (Å²) in [6, 6.07) is 9.52. The predicted molar refractivity (Wildman–Crippen MR) is 143 cm³/mol. The summed E-state index contributed by atoms with van der Waals surface area (Å²) < 4.78 is 43.9. The molecule has 0 unspecified atom stereocenters. The van der Waals surface area contributed by atoms with Crippen molar-refractivity contribution in [1.82, 2.24) is 24.3 Å². The van der Waals surface area contributed by atoms with Crippen molar-refractivity contribution in [2.24, 2.45) is 7.05 Å². The Morgan fingerprint density at radius 2 is 1.92 bits per heavy atom. The molecule has 1 aliphatic heterocycles. The number of Topliss-reactive ketones (excluding diaryl/α,β-unsaturated/α-hetero) is 1. The van der Waals surface area contributed by atoms with Crippen molar-refractivity contribution in [3.63, 3.8) is 0 Å². The van der Waals surface area contributed by atoms with E-state index < -0.39 is 6.36 Å². The van der Waals surface area contributed by atoms with E-state index in [9.17, 15) is 22.8 Å². The molecule has 0 bridgehead atoms. The summed E-state index contributed by atoms with van der Waals surface area (Å²) in [4.78, 5) is 38.4. The number of aryl methyl sites for hydroxylation is 1. The van der Waals surface area contributed by atoms with E-state index >= 15 is 0 Å². The molecule has 3 heterocycles. The Morgan fingerprint density at radius 3 is 2.64 bits per heavy atom. The third-order valence-corrected chi connectivity index (χ3v) is 7.76. The highest BCUT2D eigenvalue weighted by Crippen LogP contribution is 2.33. The van der Waals surface area contributed by atoms with Crippen LogP contribution in [0.25, 0.3) is 21.3 Å². The quantitative estimate of drug-likeness (QED) is 0.305. The van der Waals surface area contributed by atoms with Gasteiger partial charge in [-0.3, -0.25) is 9.59 Å². The number of nitrogens with zero attached hydrogens (tertiary/aromatic N) is 5. The summed E-state index contributed by atoms with van der Waals surface area (Å²) in [5.74, 6) is 0.00735. The molecule has 39 heavy (non-hydrogen) atoms. The van der Waals surface area contributed by atoms with E-state index in [1.807, 2.05) is 19.0 Å². The second-order valence-electron chi connectivity index (χ2n) is 9.69. The van der Waals surface area contributed by atoms with Crippen LogP contribution >= 0.6 is 11.3 Å². The maximum atomic E-state index is 12.9. The molecule has 0 radical (unpaired) electrons. The monoisotopic (exact) mass is 560 g/mol. The van der Waals surface area contributed by atoms with Gasteiger partial charge in [0.2, 0.25) is 11.9 Å². The van der Waals surface area contributed by atoms with E-state index in [1.165, 1.54) is 18.2 Å². The van der Waals surface area contributed by atoms with Crippen LogP contribution in [0.15, 0.2) is 36.4 Å². The van der Waals surface area contributed by atoms with Crippen molar-refractivity contribution in [1.29, 1.82) is 0 Å². The average molecular weight is 561 g/mol. The molecule has 13 heteroatoms. The SMILES string of the molecule is CN(C)[C@@H]1CCN(C(=O)CCC(=O)c2ccc3c(c2)nc(Nc2nc4ccc(OC(F)(F)F)cc4s2)n3C)C1. The van der Waals surface area contributed by atoms with Crippen molar-refractivity contribution >= 4 is 55.4 Å². The molecule has 2 aromatic carbocycles. The van der Waals surface area contributed by atoms with Crippen LogP contribution in [0.3, 0.4) is 0 Å². The van der Waals surface area contributed by atoms with Gasteiger partial charge in [0.25, 0.3) is 0 Å². The van der Waals surface area contributed by atoms with Crippen LogP contribution < -0.4 is 10.1 Å². The molecule has 4 aromatic rings. The Bertz CT molecular complexity index is 1550. The van der Waals surface area contributed by atoms with Gasteiger partial charge in [-0.2, -0.15) is 0 Å². The molecular weight excluding hydrogens is 533 g/mol. The fraction of sp³-hybridized carbons (Fsp3) is 0.385. The Hall–Kier alpha value is -3.71. The second kappa shape index (κ2) is 10.5. The van der Waals surface area contributed by atoms with Crippen LogP contribution in [-0.4, -0.2) is 75.6 Å². The Morgan fingerprint density at radius 1 is 1.13 bits per heavy atom. The average Bonchev–Trinajstić information content (AvgIpc) is 3.59. The minimum Gasteiger partial charge on any atom is -0.406 e. The number of ether oxygens (including phenoxy) is 1. The van der Waals surface area contributed by atoms with Crippen LogP contribution in [0.1, 0.15) is 29.6 Å². The topological polar surface area (TPSA) is 92.6 Å². The Labute approximate surface area is 226 Å². The number of likely N-dealkylation sites (N-methyl/N-ethyl adjacent to an activating group) is 1. The molecule has 5 rings (SSSR count). The molecule has 1 atom stereocenters. The maximum absolute atomic E-state index is 12.9. The first-order valence-corrected chi connectivity index (χ1v) is 13.2. The number of imidazole rings is 1. The summed E-state index contributed by atoms with van der Waals surface area (Å²) in [6.07, 6.45) is -3.55. The number of anilines is 2. The Kier molecular flexibility index (Phi) is 7.21. The van der Waals surface area contributed by atoms with Gasteiger partial charge in [-0.1, -0.05) is 11.3 Å². The van der Waals surface area contributed by atoms with Crippen LogP contribution in [0.2, 0.25) is 0 Å². The zero-order valence-corrected chi connectivity index (χ0v) is 22.4. The zero-order chi connectivity index (χ0) is 27.9. The molecule has 0 spiro atoms. The molecule has 206 valence electrons. The van der Waals surface area contributed by atoms with E-state index in [0.717, 1.165) is 23.3 Å². The first kappa shape index (κ1) is 26.9. The van der Waals surface area contributed by atoms with E-state index in [1.54, 1.807) is 29.8 Å². The smallest absolute Gasteiger partial charge is 0.406 e. The molecule has 1 N–H and O–H groups in total. The normalized spacial score (nSPS) is 16.0. The number of hydrogen-bond acceptors (Lipinski definition) is 8. The van der Waals surface area contributed by atoms with Gasteiger partial charge in [-0.15, -0.1) is 13.2 Å². The number of carbonyl (C=O) groups is 2. The molecule has 2 aromatic heterocycles. The molecule has 0 saturated carbocycles. The number of benzene rings is 2. The minimum absolute atomic E-state index is 0.00831. The van der Waals surface area contributed by atoms with Gasteiger partial charge in [0, 0.05) is 50.7 Å². The lowest BCUT2D eigenvalue weighted by Crippen LogP contribution is -2.34. The van der Waals surface area contributed by atoms with Crippen molar-refractivity contribution in [3.05, 3.63) is 42.0 Å². The van der Waals surface area contributed by atoms with Crippen molar-refractivity contribution in [2.45, 2.75) is 31.7 Å². The maximum Gasteiger partial charge on any atom is 0.573 e. The molecule has 9 nitrogen and oxygen atoms in total. The number of ketones is 1. The highest BCUT2D eigenvalue weighted by Gasteiger charge is 2.31. The summed E-state index contributed by atoms with van der Waals surface area (Å²) >= 11 is 1.16. The predicted octanol–water partition coefficient (Wildman–Crippen LogP) is 4.95. The van der Waals surface area contributed by atoms with Gasteiger partial charge in [-0.05, 0) is 50.8 Å². The number of halogens is 3. The fourth-order valence-electron chi connectivity index (χ4n) is 4.65. The van der Waals surface area contributed by atoms with Crippen LogP contribution in [0.5, 0.6) is 5.75 Å². The zero-order valence-electron chi connectivity index (χ0n) is 21.6. The summed E-state index contributed by atoms with van der Waals surface area (Å²) in [7, 11) is 5.81. The number of amides is 1. The lowest BCUT2D eigenvalue weighted by molar-refractivity contribution is -0.274. The molecule has 1 amide bonds. The van der Waals surface area contributed by atoms with Gasteiger partial charge in [0.1, 0.15) is 5.75 Å². The lowest BCUT2D eigenvalue weighted by atomic mass is 10.1. The van der Waals surface area contributed by atoms with Crippen LogP contribution in [-0.2, 0) is 11.8 Å². The third kappa shape index (κ3) is 5.98. The van der Waals surface area contributed by atoms with Gasteiger partial charge >= 0.3 is 6.36 Å². The van der Waals surface area contributed by atoms with Crippen LogP contribution in [0.4, 0.5) is 24.3 Å². The fourth-order valence-corrected chi connectivity index (χ4v) is 5.54. The second-order valence-corrected chi connectivity index (χ2v) is 10.7. The number of nitrogens with one attached hydrogen (secondary N) is 1. The van der Waals surface area contributed by atoms with Crippen molar-refractivity contribution in [3.8, 4) is 5.75 Å².